The molecule has 0 aliphatic rings. The minimum Gasteiger partial charge on any atom is -0.505 e. The number of ether oxygens (including phenoxy) is 1. The standard InChI is InChI=1S/C19H21N3O6/c1-4-28-18(25)19(2,3)11-21-17(24)16-15(23)9-13(10-20-16)12-6-5-7-14(8-12)22(26)27/h5-10,23H,4,11H2,1-3H3,(H,21,24). The number of hydrogen-bond acceptors (Lipinski definition) is 7. The summed E-state index contributed by atoms with van der Waals surface area (Å²) in [6.45, 7) is 5.18. The average molecular weight is 387 g/mol. The van der Waals surface area contributed by atoms with Crippen LogP contribution in [0.2, 0.25) is 0 Å². The molecular weight excluding hydrogens is 366 g/mol. The number of nitrogens with zero attached hydrogens (tertiary/aromatic N) is 2. The topological polar surface area (TPSA) is 132 Å². The smallest absolute Gasteiger partial charge is 0.313 e. The summed E-state index contributed by atoms with van der Waals surface area (Å²) in [6.07, 6.45) is 1.34. The molecule has 148 valence electrons. The Balaban J connectivity index is 2.16. The highest BCUT2D eigenvalue weighted by atomic mass is 16.6. The van der Waals surface area contributed by atoms with E-state index in [-0.39, 0.29) is 30.3 Å². The first-order chi connectivity index (χ1) is 13.2. The van der Waals surface area contributed by atoms with E-state index in [1.54, 1.807) is 26.8 Å². The van der Waals surface area contributed by atoms with Crippen LogP contribution in [0.3, 0.4) is 0 Å². The van der Waals surface area contributed by atoms with E-state index in [4.69, 9.17) is 4.74 Å². The molecular formula is C19H21N3O6. The maximum Gasteiger partial charge on any atom is 0.313 e. The number of nitro benzene ring substituents is 1. The summed E-state index contributed by atoms with van der Waals surface area (Å²) in [4.78, 5) is 38.5. The second-order valence-electron chi connectivity index (χ2n) is 6.69. The number of nitrogens with one attached hydrogen (secondary N) is 1. The first-order valence-electron chi connectivity index (χ1n) is 8.55. The number of nitro groups is 1. The predicted molar refractivity (Wildman–Crippen MR) is 101 cm³/mol. The molecule has 0 radical (unpaired) electrons. The molecule has 1 amide bonds. The first-order valence-corrected chi connectivity index (χ1v) is 8.55. The fourth-order valence-corrected chi connectivity index (χ4v) is 2.37. The van der Waals surface area contributed by atoms with Gasteiger partial charge in [-0.15, -0.1) is 0 Å². The molecule has 0 fully saturated rings. The summed E-state index contributed by atoms with van der Waals surface area (Å²) in [6, 6.07) is 7.15. The Labute approximate surface area is 161 Å². The van der Waals surface area contributed by atoms with Crippen molar-refractivity contribution in [2.75, 3.05) is 13.2 Å². The van der Waals surface area contributed by atoms with Crippen LogP contribution in [0.15, 0.2) is 36.5 Å². The molecule has 0 aliphatic heterocycles. The minimum absolute atomic E-state index is 0.00157. The molecule has 1 heterocycles. The third-order valence-corrected chi connectivity index (χ3v) is 3.99. The van der Waals surface area contributed by atoms with Crippen molar-refractivity contribution in [2.45, 2.75) is 20.8 Å². The molecule has 2 rings (SSSR count). The molecule has 28 heavy (non-hydrogen) atoms. The number of aromatic nitrogens is 1. The summed E-state index contributed by atoms with van der Waals surface area (Å²) < 4.78 is 4.96. The summed E-state index contributed by atoms with van der Waals surface area (Å²) >= 11 is 0. The Hall–Kier alpha value is -3.49. The molecule has 0 atom stereocenters. The molecule has 0 saturated carbocycles. The van der Waals surface area contributed by atoms with E-state index >= 15 is 0 Å². The van der Waals surface area contributed by atoms with Crippen LogP contribution in [0.4, 0.5) is 5.69 Å². The van der Waals surface area contributed by atoms with Crippen molar-refractivity contribution in [1.82, 2.24) is 10.3 Å². The van der Waals surface area contributed by atoms with Gasteiger partial charge in [0, 0.05) is 30.4 Å². The Bertz CT molecular complexity index is 910. The summed E-state index contributed by atoms with van der Waals surface area (Å²) in [5.41, 5.74) is -0.352. The first kappa shape index (κ1) is 20.8. The Morgan fingerprint density at radius 2 is 2.00 bits per heavy atom. The lowest BCUT2D eigenvalue weighted by atomic mass is 9.93. The number of non-ortho nitro benzene ring substituents is 1. The maximum absolute atomic E-state index is 12.3. The number of esters is 1. The van der Waals surface area contributed by atoms with Gasteiger partial charge in [0.25, 0.3) is 11.6 Å². The molecule has 0 saturated heterocycles. The summed E-state index contributed by atoms with van der Waals surface area (Å²) in [5.74, 6) is -1.48. The predicted octanol–water partition coefficient (Wildman–Crippen LogP) is 2.68. The van der Waals surface area contributed by atoms with Crippen molar-refractivity contribution < 1.29 is 24.4 Å². The van der Waals surface area contributed by atoms with Crippen molar-refractivity contribution in [3.63, 3.8) is 0 Å². The SMILES string of the molecule is CCOC(=O)C(C)(C)CNC(=O)c1ncc(-c2cccc([N+](=O)[O-])c2)cc1O. The van der Waals surface area contributed by atoms with Crippen molar-refractivity contribution in [1.29, 1.82) is 0 Å². The van der Waals surface area contributed by atoms with Crippen LogP contribution < -0.4 is 5.32 Å². The quantitative estimate of drug-likeness (QED) is 0.424. The third-order valence-electron chi connectivity index (χ3n) is 3.99. The van der Waals surface area contributed by atoms with E-state index in [0.717, 1.165) is 0 Å². The molecule has 0 aliphatic carbocycles. The normalized spacial score (nSPS) is 11.0. The van der Waals surface area contributed by atoms with Gasteiger partial charge >= 0.3 is 5.97 Å². The van der Waals surface area contributed by atoms with Gasteiger partial charge in [0.15, 0.2) is 5.69 Å². The lowest BCUT2D eigenvalue weighted by Crippen LogP contribution is -2.40. The van der Waals surface area contributed by atoms with Crippen LogP contribution in [0.25, 0.3) is 11.1 Å². The maximum atomic E-state index is 12.3. The molecule has 2 aromatic rings. The van der Waals surface area contributed by atoms with Crippen molar-refractivity contribution in [3.05, 3.63) is 52.3 Å². The fraction of sp³-hybridized carbons (Fsp3) is 0.316. The average Bonchev–Trinajstić information content (AvgIpc) is 2.66. The number of hydrogen-bond donors (Lipinski definition) is 2. The van der Waals surface area contributed by atoms with Gasteiger partial charge in [-0.2, -0.15) is 0 Å². The molecule has 0 bridgehead atoms. The summed E-state index contributed by atoms with van der Waals surface area (Å²) in [7, 11) is 0. The number of benzene rings is 1. The summed E-state index contributed by atoms with van der Waals surface area (Å²) in [5, 5.41) is 23.6. The zero-order chi connectivity index (χ0) is 20.9. The molecule has 0 spiro atoms. The van der Waals surface area contributed by atoms with E-state index < -0.39 is 22.2 Å². The number of carbonyl (C=O) groups is 2. The number of pyridine rings is 1. The van der Waals surface area contributed by atoms with E-state index in [0.29, 0.717) is 11.1 Å². The van der Waals surface area contributed by atoms with E-state index in [1.165, 1.54) is 30.5 Å². The Kier molecular flexibility index (Phi) is 6.29. The monoisotopic (exact) mass is 387 g/mol. The second-order valence-corrected chi connectivity index (χ2v) is 6.69. The van der Waals surface area contributed by atoms with Crippen molar-refractivity contribution >= 4 is 17.6 Å². The van der Waals surface area contributed by atoms with Gasteiger partial charge in [-0.1, -0.05) is 12.1 Å². The van der Waals surface area contributed by atoms with E-state index in [9.17, 15) is 24.8 Å². The van der Waals surface area contributed by atoms with Crippen LogP contribution >= 0.6 is 0 Å². The van der Waals surface area contributed by atoms with E-state index in [1.807, 2.05) is 0 Å². The highest BCUT2D eigenvalue weighted by molar-refractivity contribution is 5.95. The second kappa shape index (κ2) is 8.47. The lowest BCUT2D eigenvalue weighted by molar-refractivity contribution is -0.384. The van der Waals surface area contributed by atoms with Crippen molar-refractivity contribution in [3.8, 4) is 16.9 Å². The number of carbonyl (C=O) groups excluding carboxylic acids is 2. The fourth-order valence-electron chi connectivity index (χ4n) is 2.37. The van der Waals surface area contributed by atoms with Crippen LogP contribution in [0.5, 0.6) is 5.75 Å². The molecule has 1 aromatic heterocycles. The number of aromatic hydroxyl groups is 1. The molecule has 9 heteroatoms. The van der Waals surface area contributed by atoms with Gasteiger partial charge in [0.1, 0.15) is 5.75 Å². The van der Waals surface area contributed by atoms with Gasteiger partial charge in [-0.3, -0.25) is 19.7 Å². The van der Waals surface area contributed by atoms with Crippen molar-refractivity contribution in [2.24, 2.45) is 5.41 Å². The van der Waals surface area contributed by atoms with Gasteiger partial charge in [0.2, 0.25) is 0 Å². The molecule has 1 aromatic carbocycles. The van der Waals surface area contributed by atoms with Gasteiger partial charge in [-0.05, 0) is 32.4 Å². The molecule has 0 unspecified atom stereocenters. The largest absolute Gasteiger partial charge is 0.505 e. The Morgan fingerprint density at radius 1 is 1.29 bits per heavy atom. The van der Waals surface area contributed by atoms with Crippen LogP contribution in [0.1, 0.15) is 31.3 Å². The van der Waals surface area contributed by atoms with Gasteiger partial charge < -0.3 is 15.2 Å². The zero-order valence-corrected chi connectivity index (χ0v) is 15.8. The van der Waals surface area contributed by atoms with Crippen LogP contribution in [0, 0.1) is 15.5 Å². The molecule has 9 nitrogen and oxygen atoms in total. The van der Waals surface area contributed by atoms with E-state index in [2.05, 4.69) is 10.3 Å². The van der Waals surface area contributed by atoms with Gasteiger partial charge in [-0.25, -0.2) is 4.98 Å². The van der Waals surface area contributed by atoms with Crippen LogP contribution in [-0.4, -0.2) is 40.0 Å². The van der Waals surface area contributed by atoms with Gasteiger partial charge in [0.05, 0.1) is 16.9 Å². The molecule has 2 N–H and O–H groups in total. The minimum atomic E-state index is -0.940. The third kappa shape index (κ3) is 4.81. The highest BCUT2D eigenvalue weighted by Gasteiger charge is 2.30. The lowest BCUT2D eigenvalue weighted by Gasteiger charge is -2.22. The number of rotatable bonds is 7. The van der Waals surface area contributed by atoms with Crippen LogP contribution in [-0.2, 0) is 9.53 Å². The highest BCUT2D eigenvalue weighted by Crippen LogP contribution is 2.27. The number of amides is 1. The Morgan fingerprint density at radius 3 is 2.61 bits per heavy atom. The zero-order valence-electron chi connectivity index (χ0n) is 15.8.